The summed E-state index contributed by atoms with van der Waals surface area (Å²) >= 11 is 1.62. The summed E-state index contributed by atoms with van der Waals surface area (Å²) in [4.78, 5) is 11.3. The highest BCUT2D eigenvalue weighted by molar-refractivity contribution is 8.02. The number of carbonyl (C=O) groups is 1. The standard InChI is InChI=1S/C12H22O2S/c1-8(2)9-6-12(7-9,10(13)14)15-11(3,4)5/h8-9H,6-7H2,1-5H3,(H,13,14). The van der Waals surface area contributed by atoms with Crippen molar-refractivity contribution in [1.29, 1.82) is 0 Å². The fourth-order valence-electron chi connectivity index (χ4n) is 2.15. The first kappa shape index (κ1) is 12.9. The highest BCUT2D eigenvalue weighted by atomic mass is 32.2. The van der Waals surface area contributed by atoms with Crippen molar-refractivity contribution in [1.82, 2.24) is 0 Å². The van der Waals surface area contributed by atoms with E-state index in [1.807, 2.05) is 0 Å². The van der Waals surface area contributed by atoms with Crippen LogP contribution in [0.5, 0.6) is 0 Å². The van der Waals surface area contributed by atoms with Crippen LogP contribution in [0.4, 0.5) is 0 Å². The third-order valence-electron chi connectivity index (χ3n) is 3.02. The van der Waals surface area contributed by atoms with Gasteiger partial charge in [0.1, 0.15) is 4.75 Å². The maximum Gasteiger partial charge on any atom is 0.319 e. The number of hydrogen-bond donors (Lipinski definition) is 1. The monoisotopic (exact) mass is 230 g/mol. The number of carboxylic acid groups (broad SMARTS) is 1. The maximum atomic E-state index is 11.3. The predicted molar refractivity (Wildman–Crippen MR) is 65.3 cm³/mol. The van der Waals surface area contributed by atoms with E-state index < -0.39 is 10.7 Å². The fraction of sp³-hybridized carbons (Fsp3) is 0.917. The predicted octanol–water partition coefficient (Wildman–Crippen LogP) is 3.41. The zero-order chi connectivity index (χ0) is 11.9. The van der Waals surface area contributed by atoms with Crippen LogP contribution in [0.25, 0.3) is 0 Å². The van der Waals surface area contributed by atoms with Gasteiger partial charge in [-0.25, -0.2) is 0 Å². The Hall–Kier alpha value is -0.180. The van der Waals surface area contributed by atoms with Gasteiger partial charge in [0.05, 0.1) is 0 Å². The van der Waals surface area contributed by atoms with Gasteiger partial charge in [-0.2, -0.15) is 0 Å². The molecule has 0 aromatic carbocycles. The Kier molecular flexibility index (Phi) is 3.44. The highest BCUT2D eigenvalue weighted by Gasteiger charge is 2.53. The molecule has 0 spiro atoms. The second kappa shape index (κ2) is 4.00. The van der Waals surface area contributed by atoms with Gasteiger partial charge in [0.15, 0.2) is 0 Å². The third kappa shape index (κ3) is 2.90. The third-order valence-corrected chi connectivity index (χ3v) is 4.53. The van der Waals surface area contributed by atoms with Crippen molar-refractivity contribution in [2.45, 2.75) is 57.0 Å². The molecule has 0 amide bonds. The quantitative estimate of drug-likeness (QED) is 0.807. The molecule has 0 aromatic rings. The average Bonchev–Trinajstić information content (AvgIpc) is 1.92. The summed E-state index contributed by atoms with van der Waals surface area (Å²) in [6.07, 6.45) is 1.67. The summed E-state index contributed by atoms with van der Waals surface area (Å²) in [6, 6.07) is 0. The summed E-state index contributed by atoms with van der Waals surface area (Å²) in [6.45, 7) is 10.6. The molecule has 1 aliphatic rings. The zero-order valence-corrected chi connectivity index (χ0v) is 11.1. The molecule has 0 unspecified atom stereocenters. The van der Waals surface area contributed by atoms with Crippen molar-refractivity contribution in [3.63, 3.8) is 0 Å². The molecule has 1 aliphatic carbocycles. The highest BCUT2D eigenvalue weighted by Crippen LogP contribution is 2.54. The Morgan fingerprint density at radius 3 is 2.13 bits per heavy atom. The molecular weight excluding hydrogens is 208 g/mol. The van der Waals surface area contributed by atoms with E-state index in [0.717, 1.165) is 12.8 Å². The Morgan fingerprint density at radius 2 is 1.87 bits per heavy atom. The van der Waals surface area contributed by atoms with E-state index in [0.29, 0.717) is 11.8 Å². The van der Waals surface area contributed by atoms with Crippen molar-refractivity contribution in [3.8, 4) is 0 Å². The molecule has 0 aliphatic heterocycles. The van der Waals surface area contributed by atoms with E-state index in [1.54, 1.807) is 11.8 Å². The number of hydrogen-bond acceptors (Lipinski definition) is 2. The molecule has 1 fully saturated rings. The van der Waals surface area contributed by atoms with Gasteiger partial charge in [0.25, 0.3) is 0 Å². The van der Waals surface area contributed by atoms with Gasteiger partial charge in [0.2, 0.25) is 0 Å². The van der Waals surface area contributed by atoms with Crippen LogP contribution >= 0.6 is 11.8 Å². The van der Waals surface area contributed by atoms with Gasteiger partial charge in [-0.15, -0.1) is 11.8 Å². The minimum Gasteiger partial charge on any atom is -0.480 e. The van der Waals surface area contributed by atoms with Crippen LogP contribution in [0, 0.1) is 11.8 Å². The Bertz CT molecular complexity index is 247. The summed E-state index contributed by atoms with van der Waals surface area (Å²) in [5.74, 6) is 0.577. The van der Waals surface area contributed by atoms with Gasteiger partial charge >= 0.3 is 5.97 Å². The summed E-state index contributed by atoms with van der Waals surface area (Å²) < 4.78 is -0.479. The molecule has 0 heterocycles. The molecule has 0 radical (unpaired) electrons. The van der Waals surface area contributed by atoms with Crippen LogP contribution in [0.15, 0.2) is 0 Å². The second-order valence-corrected chi connectivity index (χ2v) is 8.14. The number of aliphatic carboxylic acids is 1. The topological polar surface area (TPSA) is 37.3 Å². The van der Waals surface area contributed by atoms with Crippen LogP contribution in [0.2, 0.25) is 0 Å². The lowest BCUT2D eigenvalue weighted by Crippen LogP contribution is -2.51. The van der Waals surface area contributed by atoms with Gasteiger partial charge < -0.3 is 5.11 Å². The molecular formula is C12H22O2S. The van der Waals surface area contributed by atoms with Crippen molar-refractivity contribution in [2.75, 3.05) is 0 Å². The normalized spacial score (nSPS) is 31.5. The smallest absolute Gasteiger partial charge is 0.319 e. The largest absolute Gasteiger partial charge is 0.480 e. The number of carboxylic acids is 1. The SMILES string of the molecule is CC(C)C1CC(SC(C)(C)C)(C(=O)O)C1. The number of thioether (sulfide) groups is 1. The Balaban J connectivity index is 2.66. The summed E-state index contributed by atoms with van der Waals surface area (Å²) in [5, 5.41) is 9.33. The lowest BCUT2D eigenvalue weighted by molar-refractivity contribution is -0.144. The fourth-order valence-corrected chi connectivity index (χ4v) is 4.00. The molecule has 2 nitrogen and oxygen atoms in total. The number of rotatable bonds is 3. The molecule has 0 bridgehead atoms. The minimum atomic E-state index is -0.626. The summed E-state index contributed by atoms with van der Waals surface area (Å²) in [5.41, 5.74) is 0. The average molecular weight is 230 g/mol. The van der Waals surface area contributed by atoms with Crippen molar-refractivity contribution < 1.29 is 9.90 Å². The van der Waals surface area contributed by atoms with E-state index in [9.17, 15) is 9.90 Å². The molecule has 0 aromatic heterocycles. The van der Waals surface area contributed by atoms with Gasteiger partial charge in [-0.3, -0.25) is 4.79 Å². The maximum absolute atomic E-state index is 11.3. The molecule has 1 N–H and O–H groups in total. The van der Waals surface area contributed by atoms with E-state index in [2.05, 4.69) is 34.6 Å². The first-order chi connectivity index (χ1) is 6.66. The van der Waals surface area contributed by atoms with Gasteiger partial charge in [-0.05, 0) is 24.7 Å². The second-order valence-electron chi connectivity index (χ2n) is 5.93. The molecule has 1 rings (SSSR count). The molecule has 0 saturated heterocycles. The molecule has 3 heteroatoms. The lowest BCUT2D eigenvalue weighted by Gasteiger charge is -2.48. The first-order valence-electron chi connectivity index (χ1n) is 5.60. The summed E-state index contributed by atoms with van der Waals surface area (Å²) in [7, 11) is 0. The zero-order valence-electron chi connectivity index (χ0n) is 10.3. The van der Waals surface area contributed by atoms with Crippen molar-refractivity contribution in [3.05, 3.63) is 0 Å². The van der Waals surface area contributed by atoms with E-state index >= 15 is 0 Å². The Labute approximate surface area is 96.8 Å². The van der Waals surface area contributed by atoms with Crippen LogP contribution in [-0.4, -0.2) is 20.6 Å². The first-order valence-corrected chi connectivity index (χ1v) is 6.41. The van der Waals surface area contributed by atoms with Crippen LogP contribution in [-0.2, 0) is 4.79 Å². The van der Waals surface area contributed by atoms with Gasteiger partial charge in [-0.1, -0.05) is 34.6 Å². The van der Waals surface area contributed by atoms with Gasteiger partial charge in [0, 0.05) is 4.75 Å². The van der Waals surface area contributed by atoms with Crippen molar-refractivity contribution >= 4 is 17.7 Å². The van der Waals surface area contributed by atoms with E-state index in [-0.39, 0.29) is 4.75 Å². The lowest BCUT2D eigenvalue weighted by atomic mass is 9.69. The molecule has 88 valence electrons. The van der Waals surface area contributed by atoms with Crippen LogP contribution in [0.3, 0.4) is 0 Å². The molecule has 15 heavy (non-hydrogen) atoms. The molecule has 1 saturated carbocycles. The van der Waals surface area contributed by atoms with Crippen LogP contribution in [0.1, 0.15) is 47.5 Å². The van der Waals surface area contributed by atoms with Crippen LogP contribution < -0.4 is 0 Å². The van der Waals surface area contributed by atoms with E-state index in [1.165, 1.54) is 0 Å². The minimum absolute atomic E-state index is 0.0281. The van der Waals surface area contributed by atoms with Crippen molar-refractivity contribution in [2.24, 2.45) is 11.8 Å². The van der Waals surface area contributed by atoms with E-state index in [4.69, 9.17) is 0 Å². The Morgan fingerprint density at radius 1 is 1.40 bits per heavy atom. The molecule has 0 atom stereocenters.